The van der Waals surface area contributed by atoms with Crippen LogP contribution in [0.3, 0.4) is 0 Å². The summed E-state index contributed by atoms with van der Waals surface area (Å²) in [7, 11) is 1.35. The molecule has 0 N–H and O–H groups in total. The lowest BCUT2D eigenvalue weighted by Crippen LogP contribution is -2.22. The molecule has 0 aliphatic heterocycles. The highest BCUT2D eigenvalue weighted by atomic mass is 19.1. The van der Waals surface area contributed by atoms with Crippen molar-refractivity contribution in [2.24, 2.45) is 0 Å². The minimum absolute atomic E-state index is 0.0451. The van der Waals surface area contributed by atoms with E-state index in [9.17, 15) is 19.1 Å². The molecule has 0 amide bonds. The Morgan fingerprint density at radius 2 is 2.06 bits per heavy atom. The van der Waals surface area contributed by atoms with Gasteiger partial charge in [0.25, 0.3) is 0 Å². The van der Waals surface area contributed by atoms with Crippen LogP contribution in [0.1, 0.15) is 23.2 Å². The summed E-state index contributed by atoms with van der Waals surface area (Å²) in [5.41, 5.74) is 0.0451. The number of rotatable bonds is 5. The minimum Gasteiger partial charge on any atom is -0.550 e. The van der Waals surface area contributed by atoms with Gasteiger partial charge in [-0.3, -0.25) is 4.79 Å². The summed E-state index contributed by atoms with van der Waals surface area (Å²) in [4.78, 5) is 21.7. The number of benzene rings is 1. The van der Waals surface area contributed by atoms with E-state index in [1.54, 1.807) is 0 Å². The number of carboxylic acids is 1. The molecule has 0 fully saturated rings. The Morgan fingerprint density at radius 3 is 2.62 bits per heavy atom. The van der Waals surface area contributed by atoms with Gasteiger partial charge in [0.2, 0.25) is 0 Å². The van der Waals surface area contributed by atoms with Crippen LogP contribution in [0.25, 0.3) is 0 Å². The van der Waals surface area contributed by atoms with Crippen LogP contribution in [0, 0.1) is 5.82 Å². The average molecular weight is 225 g/mol. The fourth-order valence-electron chi connectivity index (χ4n) is 1.25. The van der Waals surface area contributed by atoms with Crippen LogP contribution in [-0.4, -0.2) is 18.9 Å². The smallest absolute Gasteiger partial charge is 0.167 e. The molecule has 0 saturated carbocycles. The normalized spacial score (nSPS) is 9.88. The fourth-order valence-corrected chi connectivity index (χ4v) is 1.25. The van der Waals surface area contributed by atoms with Crippen LogP contribution in [-0.2, 0) is 4.79 Å². The molecule has 1 aromatic rings. The zero-order valence-electron chi connectivity index (χ0n) is 8.66. The van der Waals surface area contributed by atoms with Crippen molar-refractivity contribution in [3.05, 3.63) is 29.6 Å². The molecule has 16 heavy (non-hydrogen) atoms. The number of hydrogen-bond acceptors (Lipinski definition) is 4. The van der Waals surface area contributed by atoms with E-state index in [1.807, 2.05) is 0 Å². The molecule has 0 atom stereocenters. The summed E-state index contributed by atoms with van der Waals surface area (Å²) in [6.45, 7) is 0. The van der Waals surface area contributed by atoms with Gasteiger partial charge in [-0.2, -0.15) is 0 Å². The molecule has 4 nitrogen and oxygen atoms in total. The molecule has 0 bridgehead atoms. The van der Waals surface area contributed by atoms with E-state index in [-0.39, 0.29) is 17.7 Å². The molecule has 1 rings (SSSR count). The molecule has 0 radical (unpaired) electrons. The number of hydrogen-bond donors (Lipinski definition) is 0. The third kappa shape index (κ3) is 3.05. The molecule has 0 aliphatic rings. The van der Waals surface area contributed by atoms with Crippen molar-refractivity contribution in [1.29, 1.82) is 0 Å². The topological polar surface area (TPSA) is 66.4 Å². The number of Topliss-reactive ketones (excluding diaryl/α,β-unsaturated/α-hetero) is 1. The first-order chi connectivity index (χ1) is 7.54. The second kappa shape index (κ2) is 5.25. The molecule has 1 aromatic carbocycles. The standard InChI is InChI=1S/C11H11FO4/c1-16-10-4-2-7(12)6-8(10)9(13)3-5-11(14)15/h2,4,6H,3,5H2,1H3,(H,14,15)/p-1. The van der Waals surface area contributed by atoms with Gasteiger partial charge in [-0.15, -0.1) is 0 Å². The van der Waals surface area contributed by atoms with Gasteiger partial charge in [0, 0.05) is 12.4 Å². The van der Waals surface area contributed by atoms with Gasteiger partial charge in [0.05, 0.1) is 12.7 Å². The lowest BCUT2D eigenvalue weighted by molar-refractivity contribution is -0.305. The molecule has 5 heteroatoms. The van der Waals surface area contributed by atoms with Crippen LogP contribution in [0.2, 0.25) is 0 Å². The Balaban J connectivity index is 2.88. The van der Waals surface area contributed by atoms with Gasteiger partial charge in [0.1, 0.15) is 11.6 Å². The minimum atomic E-state index is -1.32. The van der Waals surface area contributed by atoms with Gasteiger partial charge >= 0.3 is 0 Å². The molecule has 86 valence electrons. The van der Waals surface area contributed by atoms with Crippen molar-refractivity contribution in [3.63, 3.8) is 0 Å². The molecule has 0 unspecified atom stereocenters. The molecular formula is C11H10FO4-. The van der Waals surface area contributed by atoms with Crippen LogP contribution >= 0.6 is 0 Å². The van der Waals surface area contributed by atoms with Gasteiger partial charge in [-0.05, 0) is 24.6 Å². The number of halogens is 1. The summed E-state index contributed by atoms with van der Waals surface area (Å²) in [6, 6.07) is 3.51. The van der Waals surface area contributed by atoms with Crippen molar-refractivity contribution in [3.8, 4) is 5.75 Å². The molecule has 0 spiro atoms. The Hall–Kier alpha value is -1.91. The second-order valence-corrected chi connectivity index (χ2v) is 3.14. The summed E-state index contributed by atoms with van der Waals surface area (Å²) in [5, 5.41) is 10.2. The van der Waals surface area contributed by atoms with Crippen molar-refractivity contribution in [1.82, 2.24) is 0 Å². The van der Waals surface area contributed by atoms with Gasteiger partial charge in [-0.25, -0.2) is 4.39 Å². The molecular weight excluding hydrogens is 215 g/mol. The van der Waals surface area contributed by atoms with Crippen LogP contribution in [0.15, 0.2) is 18.2 Å². The van der Waals surface area contributed by atoms with E-state index in [0.29, 0.717) is 0 Å². The summed E-state index contributed by atoms with van der Waals surface area (Å²) in [5.74, 6) is -2.15. The van der Waals surface area contributed by atoms with Crippen molar-refractivity contribution >= 4 is 11.8 Å². The maximum Gasteiger partial charge on any atom is 0.167 e. The lowest BCUT2D eigenvalue weighted by Gasteiger charge is -2.07. The third-order valence-electron chi connectivity index (χ3n) is 2.02. The first-order valence-electron chi connectivity index (χ1n) is 4.61. The molecule has 0 aliphatic carbocycles. The summed E-state index contributed by atoms with van der Waals surface area (Å²) < 4.78 is 17.8. The number of ether oxygens (including phenoxy) is 1. The highest BCUT2D eigenvalue weighted by Crippen LogP contribution is 2.21. The Kier molecular flexibility index (Phi) is 3.99. The number of aliphatic carboxylic acids is 1. The van der Waals surface area contributed by atoms with Crippen molar-refractivity contribution < 1.29 is 23.8 Å². The first kappa shape index (κ1) is 12.2. The van der Waals surface area contributed by atoms with E-state index >= 15 is 0 Å². The van der Waals surface area contributed by atoms with Crippen molar-refractivity contribution in [2.45, 2.75) is 12.8 Å². The van der Waals surface area contributed by atoms with Gasteiger partial charge < -0.3 is 14.6 Å². The van der Waals surface area contributed by atoms with E-state index < -0.39 is 24.0 Å². The van der Waals surface area contributed by atoms with E-state index in [2.05, 4.69) is 0 Å². The zero-order valence-corrected chi connectivity index (χ0v) is 8.66. The van der Waals surface area contributed by atoms with Crippen molar-refractivity contribution in [2.75, 3.05) is 7.11 Å². The highest BCUT2D eigenvalue weighted by molar-refractivity contribution is 5.99. The number of carbonyl (C=O) groups is 2. The largest absolute Gasteiger partial charge is 0.550 e. The lowest BCUT2D eigenvalue weighted by atomic mass is 10.1. The maximum absolute atomic E-state index is 12.9. The number of methoxy groups -OCH3 is 1. The first-order valence-corrected chi connectivity index (χ1v) is 4.61. The molecule has 0 aromatic heterocycles. The van der Waals surface area contributed by atoms with E-state index in [4.69, 9.17) is 4.74 Å². The van der Waals surface area contributed by atoms with Crippen LogP contribution in [0.5, 0.6) is 5.75 Å². The highest BCUT2D eigenvalue weighted by Gasteiger charge is 2.13. The number of carbonyl (C=O) groups excluding carboxylic acids is 2. The quantitative estimate of drug-likeness (QED) is 0.686. The number of ketones is 1. The third-order valence-corrected chi connectivity index (χ3v) is 2.02. The predicted octanol–water partition coefficient (Wildman–Crippen LogP) is 0.547. The average Bonchev–Trinajstić information content (AvgIpc) is 2.25. The Labute approximate surface area is 91.7 Å². The summed E-state index contributed by atoms with van der Waals surface area (Å²) >= 11 is 0. The fraction of sp³-hybridized carbons (Fsp3) is 0.273. The SMILES string of the molecule is COc1ccc(F)cc1C(=O)CCC(=O)[O-]. The van der Waals surface area contributed by atoms with Gasteiger partial charge in [0.15, 0.2) is 5.78 Å². The predicted molar refractivity (Wildman–Crippen MR) is 51.5 cm³/mol. The number of carboxylic acid groups (broad SMARTS) is 1. The van der Waals surface area contributed by atoms with E-state index in [1.165, 1.54) is 13.2 Å². The van der Waals surface area contributed by atoms with Crippen LogP contribution < -0.4 is 9.84 Å². The Morgan fingerprint density at radius 1 is 1.38 bits per heavy atom. The monoisotopic (exact) mass is 225 g/mol. The van der Waals surface area contributed by atoms with E-state index in [0.717, 1.165) is 12.1 Å². The molecule has 0 saturated heterocycles. The van der Waals surface area contributed by atoms with Gasteiger partial charge in [-0.1, -0.05) is 0 Å². The molecule has 0 heterocycles. The Bertz CT molecular complexity index is 414. The zero-order chi connectivity index (χ0) is 12.1. The summed E-state index contributed by atoms with van der Waals surface area (Å²) in [6.07, 6.45) is -0.624. The second-order valence-electron chi connectivity index (χ2n) is 3.14. The van der Waals surface area contributed by atoms with Crippen LogP contribution in [0.4, 0.5) is 4.39 Å². The maximum atomic E-state index is 12.9.